The van der Waals surface area contributed by atoms with Crippen LogP contribution in [-0.2, 0) is 6.42 Å². The van der Waals surface area contributed by atoms with E-state index in [1.807, 2.05) is 18.5 Å². The molecule has 0 spiro atoms. The molecule has 0 amide bonds. The molecule has 144 valence electrons. The van der Waals surface area contributed by atoms with E-state index in [1.54, 1.807) is 6.20 Å². The van der Waals surface area contributed by atoms with Crippen molar-refractivity contribution >= 4 is 23.0 Å². The molecule has 0 aromatic carbocycles. The van der Waals surface area contributed by atoms with E-state index in [4.69, 9.17) is 28.1 Å². The average molecular weight is 388 g/mol. The first-order valence-electron chi connectivity index (χ1n) is 9.49. The third-order valence-electron chi connectivity index (χ3n) is 5.55. The smallest absolute Gasteiger partial charge is 0.163 e. The molecule has 4 rings (SSSR count). The fraction of sp³-hybridized carbons (Fsp3) is 0.474. The highest BCUT2D eigenvalue weighted by molar-refractivity contribution is 6.31. The highest BCUT2D eigenvalue weighted by Gasteiger charge is 2.36. The van der Waals surface area contributed by atoms with Gasteiger partial charge in [0.15, 0.2) is 5.82 Å². The lowest BCUT2D eigenvalue weighted by molar-refractivity contribution is 0.284. The van der Waals surface area contributed by atoms with Gasteiger partial charge in [0.05, 0.1) is 5.03 Å². The fourth-order valence-electron chi connectivity index (χ4n) is 3.84. The third-order valence-corrected chi connectivity index (χ3v) is 5.77. The zero-order valence-corrected chi connectivity index (χ0v) is 16.2. The van der Waals surface area contributed by atoms with Gasteiger partial charge in [-0.25, -0.2) is 9.97 Å². The highest BCUT2D eigenvalue weighted by Crippen LogP contribution is 2.33. The van der Waals surface area contributed by atoms with E-state index in [1.165, 1.54) is 0 Å². The Labute approximate surface area is 164 Å². The highest BCUT2D eigenvalue weighted by atomic mass is 35.5. The minimum Gasteiger partial charge on any atom is -0.367 e. The maximum Gasteiger partial charge on any atom is 0.163 e. The molecule has 0 radical (unpaired) electrons. The monoisotopic (exact) mass is 387 g/mol. The Hall–Kier alpha value is -2.09. The lowest BCUT2D eigenvalue weighted by atomic mass is 9.85. The van der Waals surface area contributed by atoms with Gasteiger partial charge in [0, 0.05) is 41.3 Å². The van der Waals surface area contributed by atoms with Crippen molar-refractivity contribution in [2.24, 2.45) is 11.5 Å². The first-order valence-corrected chi connectivity index (χ1v) is 9.87. The summed E-state index contributed by atoms with van der Waals surface area (Å²) in [5.41, 5.74) is 15.3. The second-order valence-corrected chi connectivity index (χ2v) is 7.83. The number of rotatable bonds is 4. The van der Waals surface area contributed by atoms with Crippen LogP contribution in [0.3, 0.4) is 0 Å². The molecule has 1 unspecified atom stereocenters. The van der Waals surface area contributed by atoms with Crippen LogP contribution in [0.1, 0.15) is 44.0 Å². The molecular weight excluding hydrogens is 362 g/mol. The van der Waals surface area contributed by atoms with Crippen molar-refractivity contribution in [1.82, 2.24) is 20.6 Å². The SMILES string of the molecule is CCc1cnc(C2=CNC3NC=C(Cl)C=C23)nc1N[C@]1(N)CCCC[C@H]1N. The maximum absolute atomic E-state index is 6.62. The van der Waals surface area contributed by atoms with Crippen molar-refractivity contribution in [2.45, 2.75) is 56.9 Å². The van der Waals surface area contributed by atoms with E-state index in [-0.39, 0.29) is 12.2 Å². The van der Waals surface area contributed by atoms with E-state index in [0.29, 0.717) is 10.9 Å². The van der Waals surface area contributed by atoms with E-state index >= 15 is 0 Å². The number of aryl methyl sites for hydroxylation is 1. The number of anilines is 1. The summed E-state index contributed by atoms with van der Waals surface area (Å²) in [7, 11) is 0. The Balaban J connectivity index is 1.67. The number of allylic oxidation sites excluding steroid dienone is 2. The fourth-order valence-corrected chi connectivity index (χ4v) is 4.03. The molecule has 1 fully saturated rings. The Morgan fingerprint density at radius 3 is 2.93 bits per heavy atom. The second kappa shape index (κ2) is 7.14. The molecule has 2 aliphatic heterocycles. The standard InChI is InChI=1S/C19H26ClN7/c1-2-11-8-23-18(14-10-25-17-13(14)7-12(20)9-24-17)26-16(11)27-19(22)6-4-3-5-15(19)21/h7-10,15,17,24-25H,2-6,21-22H2,1H3,(H,23,26,27)/t15-,17?,19-/m1/s1. The molecular formula is C19H26ClN7. The Bertz CT molecular complexity index is 831. The third kappa shape index (κ3) is 3.42. The number of fused-ring (bicyclic) bond motifs is 1. The number of hydrogen-bond acceptors (Lipinski definition) is 7. The Kier molecular flexibility index (Phi) is 4.84. The minimum absolute atomic E-state index is 0.0130. The molecule has 3 heterocycles. The van der Waals surface area contributed by atoms with Crippen LogP contribution < -0.4 is 27.4 Å². The summed E-state index contributed by atoms with van der Waals surface area (Å²) in [6, 6.07) is -0.0969. The van der Waals surface area contributed by atoms with Gasteiger partial charge in [-0.15, -0.1) is 0 Å². The number of nitrogens with two attached hydrogens (primary N) is 2. The lowest BCUT2D eigenvalue weighted by Crippen LogP contribution is -2.62. The molecule has 1 saturated carbocycles. The van der Waals surface area contributed by atoms with Crippen LogP contribution in [0.15, 0.2) is 35.3 Å². The Morgan fingerprint density at radius 1 is 1.33 bits per heavy atom. The van der Waals surface area contributed by atoms with Crippen molar-refractivity contribution in [3.8, 4) is 0 Å². The molecule has 7 N–H and O–H groups in total. The predicted molar refractivity (Wildman–Crippen MR) is 108 cm³/mol. The summed E-state index contributed by atoms with van der Waals surface area (Å²) in [6.07, 6.45) is 12.2. The molecule has 0 saturated heterocycles. The van der Waals surface area contributed by atoms with E-state index in [9.17, 15) is 0 Å². The molecule has 1 aromatic heterocycles. The van der Waals surface area contributed by atoms with Crippen LogP contribution in [0.2, 0.25) is 0 Å². The van der Waals surface area contributed by atoms with Crippen molar-refractivity contribution < 1.29 is 0 Å². The van der Waals surface area contributed by atoms with Crippen molar-refractivity contribution in [1.29, 1.82) is 0 Å². The predicted octanol–water partition coefficient (Wildman–Crippen LogP) is 1.89. The molecule has 3 atom stereocenters. The van der Waals surface area contributed by atoms with E-state index in [0.717, 1.165) is 54.6 Å². The zero-order valence-electron chi connectivity index (χ0n) is 15.4. The van der Waals surface area contributed by atoms with Gasteiger partial charge in [-0.05, 0) is 31.8 Å². The number of nitrogens with zero attached hydrogens (tertiary/aromatic N) is 2. The van der Waals surface area contributed by atoms with Crippen LogP contribution in [0.5, 0.6) is 0 Å². The van der Waals surface area contributed by atoms with Crippen LogP contribution in [0, 0.1) is 0 Å². The van der Waals surface area contributed by atoms with Crippen molar-refractivity contribution in [3.63, 3.8) is 0 Å². The Morgan fingerprint density at radius 2 is 2.15 bits per heavy atom. The van der Waals surface area contributed by atoms with Gasteiger partial charge in [-0.2, -0.15) is 0 Å². The van der Waals surface area contributed by atoms with E-state index in [2.05, 4.69) is 27.9 Å². The largest absolute Gasteiger partial charge is 0.367 e. The molecule has 27 heavy (non-hydrogen) atoms. The van der Waals surface area contributed by atoms with Crippen LogP contribution in [0.25, 0.3) is 5.57 Å². The normalized spacial score (nSPS) is 29.7. The first kappa shape index (κ1) is 18.3. The summed E-state index contributed by atoms with van der Waals surface area (Å²) in [5.74, 6) is 1.40. The lowest BCUT2D eigenvalue weighted by Gasteiger charge is -2.40. The van der Waals surface area contributed by atoms with Gasteiger partial charge >= 0.3 is 0 Å². The molecule has 7 nitrogen and oxygen atoms in total. The van der Waals surface area contributed by atoms with Gasteiger partial charge in [0.1, 0.15) is 17.6 Å². The number of aromatic nitrogens is 2. The molecule has 8 heteroatoms. The van der Waals surface area contributed by atoms with Crippen molar-refractivity contribution in [3.05, 3.63) is 46.7 Å². The second-order valence-electron chi connectivity index (χ2n) is 7.39. The van der Waals surface area contributed by atoms with Crippen molar-refractivity contribution in [2.75, 3.05) is 5.32 Å². The topological polar surface area (TPSA) is 114 Å². The average Bonchev–Trinajstić information content (AvgIpc) is 3.07. The molecule has 1 aromatic rings. The molecule has 3 aliphatic rings. The summed E-state index contributed by atoms with van der Waals surface area (Å²) in [4.78, 5) is 9.40. The summed E-state index contributed by atoms with van der Waals surface area (Å²) in [6.45, 7) is 2.08. The molecule has 1 aliphatic carbocycles. The van der Waals surface area contributed by atoms with Gasteiger partial charge in [0.25, 0.3) is 0 Å². The maximum atomic E-state index is 6.62. The quantitative estimate of drug-likeness (QED) is 0.501. The van der Waals surface area contributed by atoms with Crippen LogP contribution in [0.4, 0.5) is 5.82 Å². The molecule has 0 bridgehead atoms. The van der Waals surface area contributed by atoms with Crippen LogP contribution >= 0.6 is 11.6 Å². The number of halogens is 1. The van der Waals surface area contributed by atoms with E-state index < -0.39 is 5.66 Å². The zero-order chi connectivity index (χ0) is 19.0. The van der Waals surface area contributed by atoms with Gasteiger partial charge in [-0.1, -0.05) is 24.9 Å². The van der Waals surface area contributed by atoms with Gasteiger partial charge in [0.2, 0.25) is 0 Å². The summed E-state index contributed by atoms with van der Waals surface area (Å²) < 4.78 is 0. The van der Waals surface area contributed by atoms with Crippen LogP contribution in [-0.4, -0.2) is 27.8 Å². The summed E-state index contributed by atoms with van der Waals surface area (Å²) >= 11 is 6.16. The summed E-state index contributed by atoms with van der Waals surface area (Å²) in [5, 5.41) is 10.6. The number of dihydropyridines is 1. The van der Waals surface area contributed by atoms with Gasteiger partial charge in [-0.3, -0.25) is 0 Å². The van der Waals surface area contributed by atoms with Gasteiger partial charge < -0.3 is 27.4 Å². The minimum atomic E-state index is -0.643. The first-order chi connectivity index (χ1) is 13.0. The number of nitrogens with one attached hydrogen (secondary N) is 3. The number of hydrogen-bond donors (Lipinski definition) is 5.